The van der Waals surface area contributed by atoms with Crippen LogP contribution in [0.5, 0.6) is 0 Å². The Morgan fingerprint density at radius 2 is 1.69 bits per heavy atom. The quantitative estimate of drug-likeness (QED) is 0.530. The van der Waals surface area contributed by atoms with Crippen LogP contribution in [0.1, 0.15) is 38.3 Å². The Labute approximate surface area is 207 Å². The van der Waals surface area contributed by atoms with Gasteiger partial charge in [0.1, 0.15) is 18.3 Å². The fourth-order valence-corrected chi connectivity index (χ4v) is 5.56. The molecule has 3 heterocycles. The minimum Gasteiger partial charge on any atom is -0.466 e. The number of hydrogen-bond acceptors (Lipinski definition) is 7. The number of likely N-dealkylation sites (tertiary alicyclic amines) is 1. The van der Waals surface area contributed by atoms with Crippen LogP contribution in [0.15, 0.2) is 60.7 Å². The van der Waals surface area contributed by atoms with Crippen molar-refractivity contribution in [1.82, 2.24) is 4.90 Å². The molecule has 0 N–H and O–H groups in total. The predicted molar refractivity (Wildman–Crippen MR) is 129 cm³/mol. The second-order valence-corrected chi connectivity index (χ2v) is 9.92. The van der Waals surface area contributed by atoms with Gasteiger partial charge in [0.15, 0.2) is 12.1 Å². The zero-order valence-corrected chi connectivity index (χ0v) is 20.7. The third kappa shape index (κ3) is 5.29. The summed E-state index contributed by atoms with van der Waals surface area (Å²) in [6.45, 7) is 7.88. The van der Waals surface area contributed by atoms with Crippen LogP contribution in [0.2, 0.25) is 0 Å². The summed E-state index contributed by atoms with van der Waals surface area (Å²) in [7, 11) is 0. The molecule has 5 rings (SSSR count). The van der Waals surface area contributed by atoms with E-state index in [1.54, 1.807) is 0 Å². The molecule has 2 aromatic rings. The maximum Gasteiger partial charge on any atom is 0.310 e. The Kier molecular flexibility index (Phi) is 7.23. The van der Waals surface area contributed by atoms with Crippen molar-refractivity contribution in [3.63, 3.8) is 0 Å². The van der Waals surface area contributed by atoms with E-state index in [1.807, 2.05) is 69.3 Å². The predicted octanol–water partition coefficient (Wildman–Crippen LogP) is 3.90. The minimum atomic E-state index is -0.755. The molecule has 2 aromatic carbocycles. The standard InChI is InChI=1S/C28H35NO6/c1-4-31-26(30)21-15-16-29(17-19-11-7-5-8-12-19)22(21)23-24(32-18-20-13-9-6-10-14-20)25-27(33-23)35-28(2,3)34-25/h5-14,21-25,27H,4,15-18H2,1-3H3/t21-,22-,23-,24+,25-,27-/m1/s1. The van der Waals surface area contributed by atoms with E-state index in [-0.39, 0.29) is 30.1 Å². The molecule has 7 nitrogen and oxygen atoms in total. The molecule has 0 aliphatic carbocycles. The van der Waals surface area contributed by atoms with Crippen molar-refractivity contribution in [2.75, 3.05) is 13.2 Å². The molecular weight excluding hydrogens is 446 g/mol. The van der Waals surface area contributed by atoms with Gasteiger partial charge in [-0.05, 0) is 44.9 Å². The SMILES string of the molecule is CCOC(=O)[C@@H]1CCN(Cc2ccccc2)[C@H]1[C@H]1O[C@@H]2OC(C)(C)O[C@@H]2[C@H]1OCc1ccccc1. The van der Waals surface area contributed by atoms with Gasteiger partial charge >= 0.3 is 5.97 Å². The topological polar surface area (TPSA) is 66.5 Å². The highest BCUT2D eigenvalue weighted by Crippen LogP contribution is 2.44. The first kappa shape index (κ1) is 24.4. The van der Waals surface area contributed by atoms with E-state index in [2.05, 4.69) is 17.0 Å². The molecule has 0 bridgehead atoms. The third-order valence-electron chi connectivity index (χ3n) is 7.03. The number of carbonyl (C=O) groups is 1. The first-order valence-corrected chi connectivity index (χ1v) is 12.6. The zero-order chi connectivity index (χ0) is 24.4. The molecule has 188 valence electrons. The van der Waals surface area contributed by atoms with Crippen molar-refractivity contribution in [3.8, 4) is 0 Å². The molecule has 0 unspecified atom stereocenters. The molecule has 0 amide bonds. The van der Waals surface area contributed by atoms with Crippen LogP contribution in [0.3, 0.4) is 0 Å². The molecule has 0 aromatic heterocycles. The Balaban J connectivity index is 1.43. The lowest BCUT2D eigenvalue weighted by Gasteiger charge is -2.36. The maximum atomic E-state index is 13.0. The van der Waals surface area contributed by atoms with Crippen LogP contribution in [0, 0.1) is 5.92 Å². The third-order valence-corrected chi connectivity index (χ3v) is 7.03. The summed E-state index contributed by atoms with van der Waals surface area (Å²) in [6, 6.07) is 20.2. The van der Waals surface area contributed by atoms with E-state index >= 15 is 0 Å². The Morgan fingerprint density at radius 3 is 2.37 bits per heavy atom. The summed E-state index contributed by atoms with van der Waals surface area (Å²) < 4.78 is 30.8. The number of benzene rings is 2. The number of esters is 1. The van der Waals surface area contributed by atoms with Gasteiger partial charge in [-0.15, -0.1) is 0 Å². The first-order chi connectivity index (χ1) is 16.9. The maximum absolute atomic E-state index is 13.0. The molecule has 7 heteroatoms. The van der Waals surface area contributed by atoms with Gasteiger partial charge < -0.3 is 23.7 Å². The average Bonchev–Trinajstić information content (AvgIpc) is 3.49. The number of rotatable bonds is 8. The summed E-state index contributed by atoms with van der Waals surface area (Å²) in [4.78, 5) is 15.4. The number of hydrogen-bond donors (Lipinski definition) is 0. The van der Waals surface area contributed by atoms with Crippen molar-refractivity contribution in [3.05, 3.63) is 71.8 Å². The van der Waals surface area contributed by atoms with Crippen molar-refractivity contribution in [2.45, 2.75) is 76.8 Å². The molecule has 3 aliphatic heterocycles. The van der Waals surface area contributed by atoms with E-state index in [4.69, 9.17) is 23.7 Å². The second kappa shape index (κ2) is 10.4. The van der Waals surface area contributed by atoms with Gasteiger partial charge in [0.25, 0.3) is 0 Å². The zero-order valence-electron chi connectivity index (χ0n) is 20.7. The highest BCUT2D eigenvalue weighted by molar-refractivity contribution is 5.74. The largest absolute Gasteiger partial charge is 0.466 e. The fourth-order valence-electron chi connectivity index (χ4n) is 5.56. The number of fused-ring (bicyclic) bond motifs is 1. The van der Waals surface area contributed by atoms with Gasteiger partial charge in [0, 0.05) is 6.54 Å². The number of nitrogens with zero attached hydrogens (tertiary/aromatic N) is 1. The summed E-state index contributed by atoms with van der Waals surface area (Å²) in [5.41, 5.74) is 2.26. The summed E-state index contributed by atoms with van der Waals surface area (Å²) in [6.07, 6.45) is -0.992. The van der Waals surface area contributed by atoms with Crippen molar-refractivity contribution >= 4 is 5.97 Å². The minimum absolute atomic E-state index is 0.183. The molecular formula is C28H35NO6. The Morgan fingerprint density at radius 1 is 1.00 bits per heavy atom. The van der Waals surface area contributed by atoms with E-state index in [1.165, 1.54) is 5.56 Å². The fraction of sp³-hybridized carbons (Fsp3) is 0.536. The summed E-state index contributed by atoms with van der Waals surface area (Å²) in [5, 5.41) is 0. The molecule has 0 saturated carbocycles. The second-order valence-electron chi connectivity index (χ2n) is 9.92. The lowest BCUT2D eigenvalue weighted by atomic mass is 9.91. The smallest absolute Gasteiger partial charge is 0.310 e. The molecule has 0 spiro atoms. The lowest BCUT2D eigenvalue weighted by Crippen LogP contribution is -2.51. The number of ether oxygens (including phenoxy) is 5. The van der Waals surface area contributed by atoms with Gasteiger partial charge in [-0.2, -0.15) is 0 Å². The van der Waals surface area contributed by atoms with Gasteiger partial charge in [-0.1, -0.05) is 60.7 Å². The van der Waals surface area contributed by atoms with Crippen LogP contribution in [-0.4, -0.2) is 60.5 Å². The first-order valence-electron chi connectivity index (χ1n) is 12.6. The van der Waals surface area contributed by atoms with Crippen LogP contribution in [0.25, 0.3) is 0 Å². The van der Waals surface area contributed by atoms with Crippen molar-refractivity contribution < 1.29 is 28.5 Å². The van der Waals surface area contributed by atoms with Crippen LogP contribution in [-0.2, 0) is 41.6 Å². The molecule has 6 atom stereocenters. The van der Waals surface area contributed by atoms with Crippen molar-refractivity contribution in [1.29, 1.82) is 0 Å². The molecule has 3 saturated heterocycles. The van der Waals surface area contributed by atoms with E-state index in [0.29, 0.717) is 19.6 Å². The normalized spacial score (nSPS) is 32.0. The van der Waals surface area contributed by atoms with Gasteiger partial charge in [-0.3, -0.25) is 9.69 Å². The Hall–Kier alpha value is -2.29. The van der Waals surface area contributed by atoms with Crippen LogP contribution < -0.4 is 0 Å². The van der Waals surface area contributed by atoms with Crippen LogP contribution in [0.4, 0.5) is 0 Å². The van der Waals surface area contributed by atoms with E-state index in [9.17, 15) is 4.79 Å². The summed E-state index contributed by atoms with van der Waals surface area (Å²) in [5.74, 6) is -1.25. The van der Waals surface area contributed by atoms with Gasteiger partial charge in [0.05, 0.1) is 25.2 Å². The average molecular weight is 482 g/mol. The lowest BCUT2D eigenvalue weighted by molar-refractivity contribution is -0.227. The van der Waals surface area contributed by atoms with Crippen molar-refractivity contribution in [2.24, 2.45) is 5.92 Å². The van der Waals surface area contributed by atoms with Crippen LogP contribution >= 0.6 is 0 Å². The van der Waals surface area contributed by atoms with Gasteiger partial charge in [0.2, 0.25) is 0 Å². The number of carbonyl (C=O) groups excluding carboxylic acids is 1. The van der Waals surface area contributed by atoms with E-state index < -0.39 is 18.2 Å². The molecule has 35 heavy (non-hydrogen) atoms. The highest BCUT2D eigenvalue weighted by atomic mass is 16.8. The Bertz CT molecular complexity index is 983. The molecule has 3 fully saturated rings. The van der Waals surface area contributed by atoms with E-state index in [0.717, 1.165) is 18.7 Å². The van der Waals surface area contributed by atoms with Gasteiger partial charge in [-0.25, -0.2) is 0 Å². The molecule has 3 aliphatic rings. The monoisotopic (exact) mass is 481 g/mol. The molecule has 0 radical (unpaired) electrons. The highest BCUT2D eigenvalue weighted by Gasteiger charge is 2.60. The summed E-state index contributed by atoms with van der Waals surface area (Å²) >= 11 is 0.